The highest BCUT2D eigenvalue weighted by Crippen LogP contribution is 2.32. The zero-order valence-corrected chi connectivity index (χ0v) is 11.4. The van der Waals surface area contributed by atoms with Gasteiger partial charge < -0.3 is 0 Å². The van der Waals surface area contributed by atoms with Crippen LogP contribution < -0.4 is 5.32 Å². The first-order chi connectivity index (χ1) is 8.08. The fourth-order valence-corrected chi connectivity index (χ4v) is 3.20. The maximum Gasteiger partial charge on any atom is 0.165 e. The van der Waals surface area contributed by atoms with E-state index in [2.05, 4.69) is 24.4 Å². The Labute approximate surface area is 107 Å². The van der Waals surface area contributed by atoms with Gasteiger partial charge in [-0.3, -0.25) is 10.1 Å². The lowest BCUT2D eigenvalue weighted by Gasteiger charge is -2.12. The van der Waals surface area contributed by atoms with Crippen LogP contribution in [0.2, 0.25) is 0 Å². The van der Waals surface area contributed by atoms with Crippen LogP contribution in [0.1, 0.15) is 42.1 Å². The van der Waals surface area contributed by atoms with Crippen LogP contribution in [0.5, 0.6) is 0 Å². The highest BCUT2D eigenvalue weighted by Gasteiger charge is 2.22. The maximum atomic E-state index is 11.8. The van der Waals surface area contributed by atoms with E-state index in [1.807, 2.05) is 37.7 Å². The number of carbonyl (C=O) groups excluding carboxylic acids is 1. The average Bonchev–Trinajstić information content (AvgIpc) is 2.75. The quantitative estimate of drug-likeness (QED) is 0.834. The van der Waals surface area contributed by atoms with Crippen LogP contribution in [0.25, 0.3) is 0 Å². The molecule has 0 aliphatic carbocycles. The third kappa shape index (κ3) is 2.90. The summed E-state index contributed by atoms with van der Waals surface area (Å²) in [5.74, 6) is 1.44. The van der Waals surface area contributed by atoms with Crippen molar-refractivity contribution in [1.29, 1.82) is 0 Å². The summed E-state index contributed by atoms with van der Waals surface area (Å²) in [6.45, 7) is 6.07. The van der Waals surface area contributed by atoms with Crippen molar-refractivity contribution >= 4 is 17.5 Å². The SMILES string of the molecule is CC1CSC(c2ccc(C(=O)C(C)C)cc2)N1. The molecule has 1 aliphatic heterocycles. The summed E-state index contributed by atoms with van der Waals surface area (Å²) in [6.07, 6.45) is 0. The van der Waals surface area contributed by atoms with Gasteiger partial charge in [-0.05, 0) is 12.5 Å². The third-order valence-corrected chi connectivity index (χ3v) is 4.41. The van der Waals surface area contributed by atoms with E-state index in [9.17, 15) is 4.79 Å². The van der Waals surface area contributed by atoms with Gasteiger partial charge in [0.1, 0.15) is 0 Å². The number of hydrogen-bond acceptors (Lipinski definition) is 3. The Morgan fingerprint density at radius 1 is 1.35 bits per heavy atom. The van der Waals surface area contributed by atoms with Crippen LogP contribution in [-0.2, 0) is 0 Å². The molecule has 1 aromatic rings. The van der Waals surface area contributed by atoms with E-state index in [4.69, 9.17) is 0 Å². The molecule has 1 saturated heterocycles. The number of Topliss-reactive ketones (excluding diaryl/α,β-unsaturated/α-hetero) is 1. The van der Waals surface area contributed by atoms with Gasteiger partial charge in [-0.25, -0.2) is 0 Å². The highest BCUT2D eigenvalue weighted by molar-refractivity contribution is 7.99. The lowest BCUT2D eigenvalue weighted by atomic mass is 10.00. The second kappa shape index (κ2) is 5.23. The number of benzene rings is 1. The lowest BCUT2D eigenvalue weighted by Crippen LogP contribution is -2.21. The molecule has 0 saturated carbocycles. The van der Waals surface area contributed by atoms with Gasteiger partial charge in [0.25, 0.3) is 0 Å². The first kappa shape index (κ1) is 12.7. The number of hydrogen-bond donors (Lipinski definition) is 1. The number of ketones is 1. The molecule has 0 radical (unpaired) electrons. The smallest absolute Gasteiger partial charge is 0.165 e. The Bertz CT molecular complexity index is 399. The van der Waals surface area contributed by atoms with Gasteiger partial charge >= 0.3 is 0 Å². The Balaban J connectivity index is 2.10. The molecular formula is C14H19NOS. The van der Waals surface area contributed by atoms with Crippen LogP contribution in [0.4, 0.5) is 0 Å². The van der Waals surface area contributed by atoms with E-state index in [0.29, 0.717) is 11.4 Å². The Morgan fingerprint density at radius 3 is 2.47 bits per heavy atom. The van der Waals surface area contributed by atoms with Gasteiger partial charge in [-0.1, -0.05) is 38.1 Å². The first-order valence-corrected chi connectivity index (χ1v) is 7.14. The molecule has 2 unspecified atom stereocenters. The van der Waals surface area contributed by atoms with E-state index < -0.39 is 0 Å². The Hall–Kier alpha value is -0.800. The van der Waals surface area contributed by atoms with Crippen molar-refractivity contribution in [1.82, 2.24) is 5.32 Å². The molecule has 1 fully saturated rings. The first-order valence-electron chi connectivity index (χ1n) is 6.09. The van der Waals surface area contributed by atoms with E-state index in [0.717, 1.165) is 11.3 Å². The minimum atomic E-state index is 0.0693. The number of nitrogens with one attached hydrogen (secondary N) is 1. The van der Waals surface area contributed by atoms with Crippen molar-refractivity contribution in [3.8, 4) is 0 Å². The topological polar surface area (TPSA) is 29.1 Å². The molecular weight excluding hydrogens is 230 g/mol. The van der Waals surface area contributed by atoms with Crippen LogP contribution >= 0.6 is 11.8 Å². The van der Waals surface area contributed by atoms with Gasteiger partial charge in [0, 0.05) is 23.3 Å². The van der Waals surface area contributed by atoms with E-state index in [-0.39, 0.29) is 11.7 Å². The predicted octanol–water partition coefficient (Wildman–Crippen LogP) is 3.25. The van der Waals surface area contributed by atoms with Gasteiger partial charge in [-0.15, -0.1) is 11.8 Å². The van der Waals surface area contributed by atoms with Crippen molar-refractivity contribution in [3.63, 3.8) is 0 Å². The zero-order valence-electron chi connectivity index (χ0n) is 10.6. The van der Waals surface area contributed by atoms with E-state index in [1.54, 1.807) is 0 Å². The minimum absolute atomic E-state index is 0.0693. The molecule has 3 heteroatoms. The minimum Gasteiger partial charge on any atom is -0.298 e. The molecule has 2 atom stereocenters. The molecule has 0 bridgehead atoms. The molecule has 1 heterocycles. The van der Waals surface area contributed by atoms with Crippen molar-refractivity contribution in [3.05, 3.63) is 35.4 Å². The molecule has 2 nitrogen and oxygen atoms in total. The number of carbonyl (C=O) groups is 1. The fraction of sp³-hybridized carbons (Fsp3) is 0.500. The van der Waals surface area contributed by atoms with Gasteiger partial charge in [0.05, 0.1) is 5.37 Å². The largest absolute Gasteiger partial charge is 0.298 e. The summed E-state index contributed by atoms with van der Waals surface area (Å²) in [7, 11) is 0. The second-order valence-corrected chi connectivity index (χ2v) is 6.06. The van der Waals surface area contributed by atoms with E-state index >= 15 is 0 Å². The van der Waals surface area contributed by atoms with Gasteiger partial charge in [0.15, 0.2) is 5.78 Å². The Morgan fingerprint density at radius 2 is 2.00 bits per heavy atom. The average molecular weight is 249 g/mol. The monoisotopic (exact) mass is 249 g/mol. The summed E-state index contributed by atoms with van der Waals surface area (Å²) in [5, 5.41) is 3.90. The highest BCUT2D eigenvalue weighted by atomic mass is 32.2. The van der Waals surface area contributed by atoms with Gasteiger partial charge in [-0.2, -0.15) is 0 Å². The molecule has 1 aliphatic rings. The van der Waals surface area contributed by atoms with Crippen LogP contribution in [-0.4, -0.2) is 17.6 Å². The van der Waals surface area contributed by atoms with Gasteiger partial charge in [0.2, 0.25) is 0 Å². The summed E-state index contributed by atoms with van der Waals surface area (Å²) >= 11 is 1.93. The summed E-state index contributed by atoms with van der Waals surface area (Å²) in [5.41, 5.74) is 2.08. The standard InChI is InChI=1S/C14H19NOS/c1-9(2)13(16)11-4-6-12(7-5-11)14-15-10(3)8-17-14/h4-7,9-10,14-15H,8H2,1-3H3. The zero-order chi connectivity index (χ0) is 12.4. The van der Waals surface area contributed by atoms with Crippen molar-refractivity contribution in [2.24, 2.45) is 5.92 Å². The van der Waals surface area contributed by atoms with Crippen LogP contribution in [0, 0.1) is 5.92 Å². The number of thioether (sulfide) groups is 1. The van der Waals surface area contributed by atoms with Crippen LogP contribution in [0.3, 0.4) is 0 Å². The molecule has 17 heavy (non-hydrogen) atoms. The molecule has 0 aromatic heterocycles. The van der Waals surface area contributed by atoms with Crippen molar-refractivity contribution in [2.75, 3.05) is 5.75 Å². The molecule has 1 aromatic carbocycles. The van der Waals surface area contributed by atoms with Crippen molar-refractivity contribution < 1.29 is 4.79 Å². The molecule has 0 amide bonds. The predicted molar refractivity (Wildman–Crippen MR) is 73.4 cm³/mol. The van der Waals surface area contributed by atoms with Crippen LogP contribution in [0.15, 0.2) is 24.3 Å². The Kier molecular flexibility index (Phi) is 3.89. The molecule has 92 valence electrons. The third-order valence-electron chi connectivity index (χ3n) is 2.97. The summed E-state index contributed by atoms with van der Waals surface area (Å²) in [6, 6.07) is 8.60. The second-order valence-electron chi connectivity index (χ2n) is 4.92. The summed E-state index contributed by atoms with van der Waals surface area (Å²) < 4.78 is 0. The fourth-order valence-electron chi connectivity index (χ4n) is 1.94. The molecule has 2 rings (SSSR count). The normalized spacial score (nSPS) is 24.2. The summed E-state index contributed by atoms with van der Waals surface area (Å²) in [4.78, 5) is 11.8. The molecule has 1 N–H and O–H groups in total. The lowest BCUT2D eigenvalue weighted by molar-refractivity contribution is 0.0939. The van der Waals surface area contributed by atoms with E-state index in [1.165, 1.54) is 5.56 Å². The maximum absolute atomic E-state index is 11.8. The van der Waals surface area contributed by atoms with Crippen molar-refractivity contribution in [2.45, 2.75) is 32.2 Å². The molecule has 0 spiro atoms. The number of rotatable bonds is 3.